The predicted octanol–water partition coefficient (Wildman–Crippen LogP) is 3.04. The standard InChI is InChI=1S/C20H18N4O2/c1-22-18(13-21)20-23(10-9-19(25)26)11-12-24(20)14-16-7-4-6-15-5-2-3-8-17(15)16/h2-8H,9-12,14H2,(H,25,26)/b20-18+. The zero-order valence-corrected chi connectivity index (χ0v) is 14.2. The van der Waals surface area contributed by atoms with Crippen molar-refractivity contribution in [2.75, 3.05) is 19.6 Å². The van der Waals surface area contributed by atoms with Crippen LogP contribution in [0.4, 0.5) is 0 Å². The first kappa shape index (κ1) is 17.3. The number of benzene rings is 2. The number of rotatable bonds is 5. The molecule has 0 radical (unpaired) electrons. The second-order valence-corrected chi connectivity index (χ2v) is 6.09. The molecule has 1 saturated heterocycles. The molecule has 6 heteroatoms. The van der Waals surface area contributed by atoms with Crippen LogP contribution in [-0.2, 0) is 11.3 Å². The number of nitrogens with zero attached hydrogens (tertiary/aromatic N) is 4. The predicted molar refractivity (Wildman–Crippen MR) is 97.4 cm³/mol. The maximum atomic E-state index is 10.9. The summed E-state index contributed by atoms with van der Waals surface area (Å²) in [5, 5.41) is 20.6. The van der Waals surface area contributed by atoms with Crippen LogP contribution in [0.25, 0.3) is 15.6 Å². The van der Waals surface area contributed by atoms with Crippen LogP contribution < -0.4 is 0 Å². The Kier molecular flexibility index (Phi) is 5.05. The van der Waals surface area contributed by atoms with Gasteiger partial charge in [0, 0.05) is 26.2 Å². The molecule has 1 aliphatic rings. The maximum absolute atomic E-state index is 10.9. The number of hydrogen-bond donors (Lipinski definition) is 1. The summed E-state index contributed by atoms with van der Waals surface area (Å²) >= 11 is 0. The van der Waals surface area contributed by atoms with Crippen molar-refractivity contribution in [2.24, 2.45) is 0 Å². The number of carboxylic acids is 1. The Bertz CT molecular complexity index is 931. The average Bonchev–Trinajstić information content (AvgIpc) is 3.04. The Morgan fingerprint density at radius 2 is 1.92 bits per heavy atom. The van der Waals surface area contributed by atoms with Gasteiger partial charge in [-0.2, -0.15) is 0 Å². The molecule has 0 aromatic heterocycles. The third-order valence-corrected chi connectivity index (χ3v) is 4.51. The summed E-state index contributed by atoms with van der Waals surface area (Å²) in [6.07, 6.45) is -0.0255. The Balaban J connectivity index is 1.93. The van der Waals surface area contributed by atoms with Gasteiger partial charge in [0.15, 0.2) is 0 Å². The van der Waals surface area contributed by atoms with Gasteiger partial charge in [0.1, 0.15) is 5.82 Å². The van der Waals surface area contributed by atoms with Crippen molar-refractivity contribution in [3.63, 3.8) is 0 Å². The van der Waals surface area contributed by atoms with Crippen LogP contribution in [0.2, 0.25) is 0 Å². The first-order valence-electron chi connectivity index (χ1n) is 8.34. The summed E-state index contributed by atoms with van der Waals surface area (Å²) in [6, 6.07) is 16.2. The Morgan fingerprint density at radius 1 is 1.19 bits per heavy atom. The molecular formula is C20H18N4O2. The first-order valence-corrected chi connectivity index (χ1v) is 8.34. The number of nitriles is 1. The molecule has 130 valence electrons. The van der Waals surface area contributed by atoms with E-state index in [4.69, 9.17) is 11.7 Å². The Labute approximate surface area is 152 Å². The van der Waals surface area contributed by atoms with Gasteiger partial charge in [-0.1, -0.05) is 42.5 Å². The molecule has 1 heterocycles. The van der Waals surface area contributed by atoms with Crippen molar-refractivity contribution in [3.8, 4) is 6.07 Å². The Hall–Kier alpha value is -3.51. The van der Waals surface area contributed by atoms with E-state index in [0.29, 0.717) is 25.5 Å². The first-order chi connectivity index (χ1) is 12.6. The molecule has 2 aromatic rings. The topological polar surface area (TPSA) is 71.9 Å². The SMILES string of the molecule is [C-]#[N+]/C(C#N)=C1\N(CCC(=O)O)CCN1Cc1cccc2ccccc12. The number of carboxylic acid groups (broad SMARTS) is 1. The summed E-state index contributed by atoms with van der Waals surface area (Å²) in [5.41, 5.74) is 1.12. The third-order valence-electron chi connectivity index (χ3n) is 4.51. The minimum Gasteiger partial charge on any atom is -0.481 e. The number of carbonyl (C=O) groups is 1. The highest BCUT2D eigenvalue weighted by Crippen LogP contribution is 2.27. The fraction of sp³-hybridized carbons (Fsp3) is 0.250. The second kappa shape index (κ2) is 7.58. The smallest absolute Gasteiger partial charge is 0.305 e. The van der Waals surface area contributed by atoms with E-state index in [9.17, 15) is 10.1 Å². The van der Waals surface area contributed by atoms with Crippen LogP contribution in [0.1, 0.15) is 12.0 Å². The van der Waals surface area contributed by atoms with Gasteiger partial charge in [-0.3, -0.25) is 4.79 Å². The van der Waals surface area contributed by atoms with Gasteiger partial charge < -0.3 is 14.9 Å². The lowest BCUT2D eigenvalue weighted by molar-refractivity contribution is -0.137. The van der Waals surface area contributed by atoms with E-state index in [1.165, 1.54) is 0 Å². The van der Waals surface area contributed by atoms with Gasteiger partial charge in [-0.05, 0) is 16.3 Å². The lowest BCUT2D eigenvalue weighted by Gasteiger charge is -2.25. The minimum atomic E-state index is -0.891. The van der Waals surface area contributed by atoms with Crippen LogP contribution in [0.15, 0.2) is 54.0 Å². The lowest BCUT2D eigenvalue weighted by Crippen LogP contribution is -2.26. The normalized spacial score (nSPS) is 15.6. The van der Waals surface area contributed by atoms with Crippen LogP contribution >= 0.6 is 0 Å². The molecule has 0 saturated carbocycles. The van der Waals surface area contributed by atoms with Gasteiger partial charge in [0.2, 0.25) is 0 Å². The molecule has 0 amide bonds. The molecule has 0 bridgehead atoms. The number of allylic oxidation sites excluding steroid dienone is 1. The van der Waals surface area contributed by atoms with Crippen molar-refractivity contribution >= 4 is 16.7 Å². The summed E-state index contributed by atoms with van der Waals surface area (Å²) < 4.78 is 0. The molecule has 0 atom stereocenters. The zero-order valence-electron chi connectivity index (χ0n) is 14.2. The summed E-state index contributed by atoms with van der Waals surface area (Å²) in [6.45, 7) is 9.42. The maximum Gasteiger partial charge on any atom is 0.305 e. The van der Waals surface area contributed by atoms with Crippen molar-refractivity contribution in [1.29, 1.82) is 5.26 Å². The van der Waals surface area contributed by atoms with Gasteiger partial charge in [-0.25, -0.2) is 10.1 Å². The molecule has 0 unspecified atom stereocenters. The van der Waals surface area contributed by atoms with E-state index in [-0.39, 0.29) is 18.7 Å². The van der Waals surface area contributed by atoms with Crippen molar-refractivity contribution in [1.82, 2.24) is 9.80 Å². The van der Waals surface area contributed by atoms with Crippen molar-refractivity contribution in [2.45, 2.75) is 13.0 Å². The van der Waals surface area contributed by atoms with Gasteiger partial charge in [-0.15, -0.1) is 0 Å². The molecule has 0 spiro atoms. The van der Waals surface area contributed by atoms with Crippen LogP contribution in [0.5, 0.6) is 0 Å². The summed E-state index contributed by atoms with van der Waals surface area (Å²) in [5.74, 6) is -0.352. The molecule has 0 aliphatic carbocycles. The van der Waals surface area contributed by atoms with Crippen LogP contribution in [-0.4, -0.2) is 40.5 Å². The lowest BCUT2D eigenvalue weighted by atomic mass is 10.0. The van der Waals surface area contributed by atoms with Gasteiger partial charge in [0.05, 0.1) is 19.1 Å². The third kappa shape index (κ3) is 3.45. The van der Waals surface area contributed by atoms with Crippen LogP contribution in [0, 0.1) is 17.9 Å². The quantitative estimate of drug-likeness (QED) is 0.665. The summed E-state index contributed by atoms with van der Waals surface area (Å²) in [7, 11) is 0. The van der Waals surface area contributed by atoms with E-state index in [1.54, 1.807) is 0 Å². The van der Waals surface area contributed by atoms with Gasteiger partial charge in [0.25, 0.3) is 0 Å². The Morgan fingerprint density at radius 3 is 2.65 bits per heavy atom. The van der Waals surface area contributed by atoms with Crippen molar-refractivity contribution in [3.05, 3.63) is 71.0 Å². The fourth-order valence-electron chi connectivity index (χ4n) is 3.32. The molecule has 26 heavy (non-hydrogen) atoms. The van der Waals surface area contributed by atoms with Crippen LogP contribution in [0.3, 0.4) is 0 Å². The van der Waals surface area contributed by atoms with E-state index in [1.807, 2.05) is 40.1 Å². The largest absolute Gasteiger partial charge is 0.481 e. The molecule has 1 aliphatic heterocycles. The monoisotopic (exact) mass is 346 g/mol. The average molecular weight is 346 g/mol. The molecule has 2 aromatic carbocycles. The van der Waals surface area contributed by atoms with Crippen molar-refractivity contribution < 1.29 is 9.90 Å². The van der Waals surface area contributed by atoms with E-state index in [0.717, 1.165) is 16.3 Å². The highest BCUT2D eigenvalue weighted by atomic mass is 16.4. The summed E-state index contributed by atoms with van der Waals surface area (Å²) in [4.78, 5) is 18.1. The van der Waals surface area contributed by atoms with E-state index >= 15 is 0 Å². The van der Waals surface area contributed by atoms with E-state index < -0.39 is 5.97 Å². The highest BCUT2D eigenvalue weighted by molar-refractivity contribution is 5.85. The molecular weight excluding hydrogens is 328 g/mol. The minimum absolute atomic E-state index is 0.00752. The highest BCUT2D eigenvalue weighted by Gasteiger charge is 2.28. The second-order valence-electron chi connectivity index (χ2n) is 6.09. The number of hydrogen-bond acceptors (Lipinski definition) is 4. The molecule has 6 nitrogen and oxygen atoms in total. The fourth-order valence-corrected chi connectivity index (χ4v) is 3.32. The van der Waals surface area contributed by atoms with Gasteiger partial charge >= 0.3 is 11.7 Å². The number of aliphatic carboxylic acids is 1. The van der Waals surface area contributed by atoms with E-state index in [2.05, 4.69) is 23.0 Å². The number of fused-ring (bicyclic) bond motifs is 1. The molecule has 3 rings (SSSR count). The molecule has 1 N–H and O–H groups in total. The molecule has 1 fully saturated rings. The zero-order chi connectivity index (χ0) is 18.5.